The van der Waals surface area contributed by atoms with E-state index in [0.29, 0.717) is 12.4 Å². The highest BCUT2D eigenvalue weighted by atomic mass is 16.5. The Morgan fingerprint density at radius 2 is 2.44 bits per heavy atom. The van der Waals surface area contributed by atoms with Gasteiger partial charge in [-0.1, -0.05) is 5.16 Å². The second-order valence-corrected chi connectivity index (χ2v) is 5.45. The minimum absolute atomic E-state index is 0.163. The molecule has 0 radical (unpaired) electrons. The van der Waals surface area contributed by atoms with Crippen molar-refractivity contribution in [3.63, 3.8) is 0 Å². The summed E-state index contributed by atoms with van der Waals surface area (Å²) in [6.45, 7) is 5.97. The average molecular weight is 253 g/mol. The number of carboxylic acid groups (broad SMARTS) is 1. The highest BCUT2D eigenvalue weighted by molar-refractivity contribution is 5.74. The van der Waals surface area contributed by atoms with Gasteiger partial charge in [-0.15, -0.1) is 0 Å². The fraction of sp³-hybridized carbons (Fsp3) is 0.750. The van der Waals surface area contributed by atoms with Crippen molar-refractivity contribution >= 4 is 5.97 Å². The quantitative estimate of drug-likeness (QED) is 0.873. The average Bonchev–Trinajstić information content (AvgIpc) is 2.82. The van der Waals surface area contributed by atoms with Crippen LogP contribution >= 0.6 is 0 Å². The van der Waals surface area contributed by atoms with Crippen molar-refractivity contribution in [1.29, 1.82) is 0 Å². The minimum atomic E-state index is -0.728. The summed E-state index contributed by atoms with van der Waals surface area (Å²) >= 11 is 0. The van der Waals surface area contributed by atoms with Gasteiger partial charge in [-0.25, -0.2) is 0 Å². The molecule has 0 bridgehead atoms. The van der Waals surface area contributed by atoms with Crippen LogP contribution in [-0.2, 0) is 11.3 Å². The first-order chi connectivity index (χ1) is 8.50. The van der Waals surface area contributed by atoms with Gasteiger partial charge in [0.15, 0.2) is 5.82 Å². The minimum Gasteiger partial charge on any atom is -0.481 e. The number of piperidine rings is 1. The molecule has 1 aliphatic rings. The van der Waals surface area contributed by atoms with Crippen LogP contribution in [0, 0.1) is 11.3 Å². The van der Waals surface area contributed by atoms with Crippen molar-refractivity contribution in [3.05, 3.63) is 12.2 Å². The van der Waals surface area contributed by atoms with Gasteiger partial charge in [0.05, 0.1) is 12.0 Å². The molecule has 6 heteroatoms. The standard InChI is InChI=1S/C12H19N3O3/c1-12(2,11(16)17)9-4-3-5-15(6-9)7-10-13-8-18-14-10/h8-9H,3-7H2,1-2H3,(H,16,17). The van der Waals surface area contributed by atoms with E-state index < -0.39 is 11.4 Å². The largest absolute Gasteiger partial charge is 0.481 e. The van der Waals surface area contributed by atoms with E-state index in [1.54, 1.807) is 13.8 Å². The summed E-state index contributed by atoms with van der Waals surface area (Å²) in [5, 5.41) is 13.1. The Labute approximate surface area is 106 Å². The Morgan fingerprint density at radius 3 is 3.06 bits per heavy atom. The normalized spacial score (nSPS) is 22.0. The van der Waals surface area contributed by atoms with Crippen molar-refractivity contribution in [2.24, 2.45) is 11.3 Å². The van der Waals surface area contributed by atoms with Crippen molar-refractivity contribution in [3.8, 4) is 0 Å². The molecular weight excluding hydrogens is 234 g/mol. The summed E-state index contributed by atoms with van der Waals surface area (Å²) in [5.74, 6) is 0.0911. The van der Waals surface area contributed by atoms with Gasteiger partial charge in [-0.3, -0.25) is 9.69 Å². The zero-order valence-electron chi connectivity index (χ0n) is 10.8. The maximum Gasteiger partial charge on any atom is 0.309 e. The van der Waals surface area contributed by atoms with E-state index >= 15 is 0 Å². The van der Waals surface area contributed by atoms with Crippen LogP contribution in [-0.4, -0.2) is 39.2 Å². The van der Waals surface area contributed by atoms with Gasteiger partial charge in [0.25, 0.3) is 0 Å². The fourth-order valence-corrected chi connectivity index (χ4v) is 2.42. The summed E-state index contributed by atoms with van der Waals surface area (Å²) in [7, 11) is 0. The summed E-state index contributed by atoms with van der Waals surface area (Å²) in [6.07, 6.45) is 3.29. The third-order valence-electron chi connectivity index (χ3n) is 3.85. The lowest BCUT2D eigenvalue weighted by Crippen LogP contribution is -2.44. The molecule has 1 fully saturated rings. The third kappa shape index (κ3) is 2.69. The number of hydrogen-bond acceptors (Lipinski definition) is 5. The summed E-state index contributed by atoms with van der Waals surface area (Å²) in [4.78, 5) is 17.5. The molecule has 100 valence electrons. The Morgan fingerprint density at radius 1 is 1.67 bits per heavy atom. The number of nitrogens with zero attached hydrogens (tertiary/aromatic N) is 3. The van der Waals surface area contributed by atoms with Gasteiger partial charge in [-0.05, 0) is 39.2 Å². The molecule has 6 nitrogen and oxygen atoms in total. The van der Waals surface area contributed by atoms with Gasteiger partial charge in [0.2, 0.25) is 6.39 Å². The molecule has 1 saturated heterocycles. The summed E-state index contributed by atoms with van der Waals surface area (Å²) in [6, 6.07) is 0. The second-order valence-electron chi connectivity index (χ2n) is 5.45. The van der Waals surface area contributed by atoms with Crippen molar-refractivity contribution in [1.82, 2.24) is 15.0 Å². The number of aromatic nitrogens is 2. The molecule has 1 unspecified atom stereocenters. The lowest BCUT2D eigenvalue weighted by atomic mass is 9.74. The van der Waals surface area contributed by atoms with Crippen molar-refractivity contribution < 1.29 is 14.4 Å². The summed E-state index contributed by atoms with van der Waals surface area (Å²) < 4.78 is 4.71. The first kappa shape index (κ1) is 13.0. The summed E-state index contributed by atoms with van der Waals surface area (Å²) in [5.41, 5.74) is -0.685. The zero-order chi connectivity index (χ0) is 13.2. The van der Waals surface area contributed by atoms with Gasteiger partial charge in [0, 0.05) is 6.54 Å². The molecule has 0 aliphatic carbocycles. The topological polar surface area (TPSA) is 79.5 Å². The second kappa shape index (κ2) is 5.06. The number of carboxylic acids is 1. The molecule has 0 amide bonds. The van der Waals surface area contributed by atoms with E-state index in [0.717, 1.165) is 25.9 Å². The number of rotatable bonds is 4. The molecule has 18 heavy (non-hydrogen) atoms. The van der Waals surface area contributed by atoms with Crippen LogP contribution in [0.5, 0.6) is 0 Å². The molecule has 0 aromatic carbocycles. The van der Waals surface area contributed by atoms with E-state index in [-0.39, 0.29) is 5.92 Å². The first-order valence-electron chi connectivity index (χ1n) is 6.21. The number of carbonyl (C=O) groups is 1. The molecule has 1 atom stereocenters. The van der Waals surface area contributed by atoms with E-state index in [1.807, 2.05) is 0 Å². The Balaban J connectivity index is 1.98. The van der Waals surface area contributed by atoms with Crippen LogP contribution in [0.2, 0.25) is 0 Å². The highest BCUT2D eigenvalue weighted by Crippen LogP contribution is 2.34. The van der Waals surface area contributed by atoms with Crippen LogP contribution in [0.25, 0.3) is 0 Å². The Bertz CT molecular complexity index is 403. The van der Waals surface area contributed by atoms with E-state index in [4.69, 9.17) is 4.52 Å². The molecule has 1 aromatic rings. The molecule has 1 N–H and O–H groups in total. The highest BCUT2D eigenvalue weighted by Gasteiger charge is 2.39. The van der Waals surface area contributed by atoms with E-state index in [9.17, 15) is 9.90 Å². The number of likely N-dealkylation sites (tertiary alicyclic amines) is 1. The van der Waals surface area contributed by atoms with Crippen LogP contribution < -0.4 is 0 Å². The number of aliphatic carboxylic acids is 1. The number of hydrogen-bond donors (Lipinski definition) is 1. The predicted molar refractivity (Wildman–Crippen MR) is 63.7 cm³/mol. The monoisotopic (exact) mass is 253 g/mol. The fourth-order valence-electron chi connectivity index (χ4n) is 2.42. The smallest absolute Gasteiger partial charge is 0.309 e. The molecular formula is C12H19N3O3. The first-order valence-corrected chi connectivity index (χ1v) is 6.21. The molecule has 0 spiro atoms. The van der Waals surface area contributed by atoms with E-state index in [1.165, 1.54) is 6.39 Å². The molecule has 2 rings (SSSR count). The maximum absolute atomic E-state index is 11.3. The maximum atomic E-state index is 11.3. The predicted octanol–water partition coefficient (Wildman–Crippen LogP) is 1.39. The van der Waals surface area contributed by atoms with Crippen LogP contribution in [0.3, 0.4) is 0 Å². The van der Waals surface area contributed by atoms with Gasteiger partial charge in [0.1, 0.15) is 0 Å². The van der Waals surface area contributed by atoms with Gasteiger partial charge < -0.3 is 9.63 Å². The SMILES string of the molecule is CC(C)(C(=O)O)C1CCCN(Cc2ncon2)C1. The Kier molecular flexibility index (Phi) is 3.65. The lowest BCUT2D eigenvalue weighted by molar-refractivity contribution is -0.151. The van der Waals surface area contributed by atoms with Gasteiger partial charge in [-0.2, -0.15) is 4.98 Å². The van der Waals surface area contributed by atoms with Crippen LogP contribution in [0.15, 0.2) is 10.9 Å². The van der Waals surface area contributed by atoms with Gasteiger partial charge >= 0.3 is 5.97 Å². The molecule has 0 saturated carbocycles. The van der Waals surface area contributed by atoms with Crippen molar-refractivity contribution in [2.75, 3.05) is 13.1 Å². The zero-order valence-corrected chi connectivity index (χ0v) is 10.8. The Hall–Kier alpha value is -1.43. The van der Waals surface area contributed by atoms with Crippen LogP contribution in [0.1, 0.15) is 32.5 Å². The molecule has 1 aliphatic heterocycles. The van der Waals surface area contributed by atoms with Crippen molar-refractivity contribution in [2.45, 2.75) is 33.2 Å². The van der Waals surface area contributed by atoms with Crippen LogP contribution in [0.4, 0.5) is 0 Å². The van der Waals surface area contributed by atoms with E-state index in [2.05, 4.69) is 15.0 Å². The lowest BCUT2D eigenvalue weighted by Gasteiger charge is -2.38. The molecule has 2 heterocycles. The third-order valence-corrected chi connectivity index (χ3v) is 3.85. The molecule has 1 aromatic heterocycles.